The maximum Gasteiger partial charge on any atom is 0.243 e. The van der Waals surface area contributed by atoms with E-state index >= 15 is 0 Å². The summed E-state index contributed by atoms with van der Waals surface area (Å²) >= 11 is 5.04. The zero-order chi connectivity index (χ0) is 23.6. The normalized spacial score (nSPS) is 16.0. The molecule has 1 unspecified atom stereocenters. The van der Waals surface area contributed by atoms with Gasteiger partial charge in [0.25, 0.3) is 0 Å². The Labute approximate surface area is 207 Å². The molecular weight excluding hydrogens is 520 g/mol. The van der Waals surface area contributed by atoms with Gasteiger partial charge in [-0.25, -0.2) is 8.42 Å². The highest BCUT2D eigenvalue weighted by molar-refractivity contribution is 9.10. The summed E-state index contributed by atoms with van der Waals surface area (Å²) in [6.45, 7) is 6.10. The first-order chi connectivity index (χ1) is 15.8. The molecule has 0 N–H and O–H groups in total. The summed E-state index contributed by atoms with van der Waals surface area (Å²) in [6, 6.07) is 16.3. The number of aryl methyl sites for hydroxylation is 1. The summed E-state index contributed by atoms with van der Waals surface area (Å²) in [6.07, 6.45) is 2.28. The molecule has 172 valence electrons. The standard InChI is InChI=1S/C25H25BrN2O3S2/c1-3-14-27(33(30,31)20-10-8-19(26)9-11-20)17-24(29)28-15-12-23-22(13-16-32-23)25(28)21-7-5-4-6-18(21)2/h3-11,13,16,25H,1,12,14-15,17H2,2H3. The predicted octanol–water partition coefficient (Wildman–Crippen LogP) is 5.17. The highest BCUT2D eigenvalue weighted by atomic mass is 79.9. The van der Waals surface area contributed by atoms with Gasteiger partial charge in [-0.3, -0.25) is 4.79 Å². The molecule has 1 aliphatic rings. The van der Waals surface area contributed by atoms with Gasteiger partial charge in [0, 0.05) is 22.4 Å². The minimum Gasteiger partial charge on any atom is -0.330 e. The van der Waals surface area contributed by atoms with Gasteiger partial charge in [-0.2, -0.15) is 4.31 Å². The lowest BCUT2D eigenvalue weighted by Gasteiger charge is -2.38. The average Bonchev–Trinajstić information content (AvgIpc) is 3.28. The van der Waals surface area contributed by atoms with Crippen LogP contribution in [0.4, 0.5) is 0 Å². The smallest absolute Gasteiger partial charge is 0.243 e. The Balaban J connectivity index is 1.67. The van der Waals surface area contributed by atoms with Gasteiger partial charge in [0.15, 0.2) is 0 Å². The zero-order valence-corrected chi connectivity index (χ0v) is 21.5. The van der Waals surface area contributed by atoms with Crippen LogP contribution in [0.1, 0.15) is 27.6 Å². The second-order valence-electron chi connectivity index (χ2n) is 7.94. The first-order valence-electron chi connectivity index (χ1n) is 10.6. The fraction of sp³-hybridized carbons (Fsp3) is 0.240. The Hall–Kier alpha value is -2.26. The van der Waals surface area contributed by atoms with E-state index in [-0.39, 0.29) is 29.9 Å². The molecule has 33 heavy (non-hydrogen) atoms. The largest absolute Gasteiger partial charge is 0.330 e. The lowest BCUT2D eigenvalue weighted by atomic mass is 9.90. The maximum absolute atomic E-state index is 13.6. The van der Waals surface area contributed by atoms with Gasteiger partial charge in [-0.05, 0) is 65.7 Å². The summed E-state index contributed by atoms with van der Waals surface area (Å²) < 4.78 is 28.6. The number of benzene rings is 2. The van der Waals surface area contributed by atoms with Crippen LogP contribution in [-0.2, 0) is 21.2 Å². The molecule has 0 bridgehead atoms. The number of nitrogens with zero attached hydrogens (tertiary/aromatic N) is 2. The van der Waals surface area contributed by atoms with E-state index in [1.807, 2.05) is 36.1 Å². The van der Waals surface area contributed by atoms with Gasteiger partial charge >= 0.3 is 0 Å². The molecule has 0 aliphatic carbocycles. The van der Waals surface area contributed by atoms with Crippen molar-refractivity contribution in [2.75, 3.05) is 19.6 Å². The first kappa shape index (κ1) is 23.9. The number of halogens is 1. The number of carbonyl (C=O) groups excluding carboxylic acids is 1. The molecule has 2 aromatic carbocycles. The molecule has 3 aromatic rings. The molecule has 0 radical (unpaired) electrons. The third kappa shape index (κ3) is 4.84. The highest BCUT2D eigenvalue weighted by Gasteiger charge is 2.35. The number of hydrogen-bond donors (Lipinski definition) is 0. The Kier molecular flexibility index (Phi) is 7.19. The van der Waals surface area contributed by atoms with E-state index in [0.29, 0.717) is 6.54 Å². The molecule has 0 saturated heterocycles. The predicted molar refractivity (Wildman–Crippen MR) is 136 cm³/mol. The van der Waals surface area contributed by atoms with Crippen LogP contribution in [0.3, 0.4) is 0 Å². The lowest BCUT2D eigenvalue weighted by molar-refractivity contribution is -0.133. The van der Waals surface area contributed by atoms with Gasteiger partial charge in [-0.1, -0.05) is 46.3 Å². The monoisotopic (exact) mass is 544 g/mol. The number of carbonyl (C=O) groups is 1. The van der Waals surface area contributed by atoms with E-state index < -0.39 is 10.0 Å². The second-order valence-corrected chi connectivity index (χ2v) is 11.8. The Morgan fingerprint density at radius 1 is 1.18 bits per heavy atom. The van der Waals surface area contributed by atoms with Crippen molar-refractivity contribution in [2.24, 2.45) is 0 Å². The lowest BCUT2D eigenvalue weighted by Crippen LogP contribution is -2.46. The topological polar surface area (TPSA) is 57.7 Å². The fourth-order valence-electron chi connectivity index (χ4n) is 4.20. The minimum atomic E-state index is -3.86. The number of amides is 1. The zero-order valence-electron chi connectivity index (χ0n) is 18.3. The number of rotatable bonds is 7. The Morgan fingerprint density at radius 3 is 2.61 bits per heavy atom. The van der Waals surface area contributed by atoms with E-state index in [1.54, 1.807) is 23.5 Å². The molecule has 0 spiro atoms. The van der Waals surface area contributed by atoms with Crippen LogP contribution in [0.15, 0.2) is 82.0 Å². The highest BCUT2D eigenvalue weighted by Crippen LogP contribution is 2.39. The van der Waals surface area contributed by atoms with E-state index in [4.69, 9.17) is 0 Å². The summed E-state index contributed by atoms with van der Waals surface area (Å²) in [4.78, 5) is 16.9. The molecular formula is C25H25BrN2O3S2. The van der Waals surface area contributed by atoms with E-state index in [0.717, 1.165) is 27.6 Å². The van der Waals surface area contributed by atoms with Crippen LogP contribution in [0.2, 0.25) is 0 Å². The third-order valence-corrected chi connectivity index (χ3v) is 9.22. The van der Waals surface area contributed by atoms with Crippen molar-refractivity contribution in [3.05, 3.63) is 98.7 Å². The van der Waals surface area contributed by atoms with Crippen LogP contribution >= 0.6 is 27.3 Å². The number of sulfonamides is 1. The maximum atomic E-state index is 13.6. The molecule has 1 atom stereocenters. The van der Waals surface area contributed by atoms with Crippen LogP contribution in [-0.4, -0.2) is 43.2 Å². The summed E-state index contributed by atoms with van der Waals surface area (Å²) in [7, 11) is -3.86. The van der Waals surface area contributed by atoms with Crippen LogP contribution in [0.5, 0.6) is 0 Å². The van der Waals surface area contributed by atoms with E-state index in [9.17, 15) is 13.2 Å². The van der Waals surface area contributed by atoms with Crippen molar-refractivity contribution in [1.29, 1.82) is 0 Å². The Bertz CT molecular complexity index is 1270. The van der Waals surface area contributed by atoms with Crippen molar-refractivity contribution in [3.8, 4) is 0 Å². The molecule has 8 heteroatoms. The van der Waals surface area contributed by atoms with Crippen LogP contribution in [0, 0.1) is 6.92 Å². The molecule has 0 saturated carbocycles. The molecule has 1 amide bonds. The van der Waals surface area contributed by atoms with Gasteiger partial charge in [0.1, 0.15) is 0 Å². The molecule has 4 rings (SSSR count). The van der Waals surface area contributed by atoms with Crippen molar-refractivity contribution < 1.29 is 13.2 Å². The molecule has 2 heterocycles. The van der Waals surface area contributed by atoms with E-state index in [1.165, 1.54) is 27.4 Å². The summed E-state index contributed by atoms with van der Waals surface area (Å²) in [5.74, 6) is -0.220. The van der Waals surface area contributed by atoms with Crippen LogP contribution < -0.4 is 0 Å². The molecule has 5 nitrogen and oxygen atoms in total. The molecule has 0 fully saturated rings. The Morgan fingerprint density at radius 2 is 1.91 bits per heavy atom. The number of fused-ring (bicyclic) bond motifs is 1. The van der Waals surface area contributed by atoms with Crippen molar-refractivity contribution in [2.45, 2.75) is 24.3 Å². The first-order valence-corrected chi connectivity index (χ1v) is 13.7. The summed E-state index contributed by atoms with van der Waals surface area (Å²) in [5, 5.41) is 2.06. The van der Waals surface area contributed by atoms with Crippen molar-refractivity contribution in [3.63, 3.8) is 0 Å². The van der Waals surface area contributed by atoms with E-state index in [2.05, 4.69) is 34.0 Å². The molecule has 1 aromatic heterocycles. The van der Waals surface area contributed by atoms with Crippen molar-refractivity contribution >= 4 is 43.2 Å². The minimum absolute atomic E-state index is 0.0523. The van der Waals surface area contributed by atoms with Gasteiger partial charge in [-0.15, -0.1) is 17.9 Å². The fourth-order valence-corrected chi connectivity index (χ4v) is 6.73. The third-order valence-electron chi connectivity index (χ3n) is 5.87. The second kappa shape index (κ2) is 9.93. The molecule has 1 aliphatic heterocycles. The average molecular weight is 546 g/mol. The van der Waals surface area contributed by atoms with Crippen molar-refractivity contribution in [1.82, 2.24) is 9.21 Å². The SMILES string of the molecule is C=CCN(CC(=O)N1CCc2sccc2C1c1ccccc1C)S(=O)(=O)c1ccc(Br)cc1. The van der Waals surface area contributed by atoms with Crippen LogP contribution in [0.25, 0.3) is 0 Å². The quantitative estimate of drug-likeness (QED) is 0.385. The van der Waals surface area contributed by atoms with Gasteiger partial charge < -0.3 is 4.90 Å². The van der Waals surface area contributed by atoms with Gasteiger partial charge in [0.05, 0.1) is 17.5 Å². The van der Waals surface area contributed by atoms with Gasteiger partial charge in [0.2, 0.25) is 15.9 Å². The number of hydrogen-bond acceptors (Lipinski definition) is 4. The summed E-state index contributed by atoms with van der Waals surface area (Å²) in [5.41, 5.74) is 3.29. The number of thiophene rings is 1.